The van der Waals surface area contributed by atoms with Crippen LogP contribution in [0.5, 0.6) is 0 Å². The maximum atomic E-state index is 11.0. The van der Waals surface area contributed by atoms with Gasteiger partial charge in [0, 0.05) is 14.3 Å². The Kier molecular flexibility index (Phi) is 3.16. The van der Waals surface area contributed by atoms with E-state index >= 15 is 0 Å². The third kappa shape index (κ3) is 2.33. The van der Waals surface area contributed by atoms with E-state index in [2.05, 4.69) is 0 Å². The van der Waals surface area contributed by atoms with Crippen LogP contribution in [0.3, 0.4) is 0 Å². The minimum absolute atomic E-state index is 0.0712. The fourth-order valence-electron chi connectivity index (χ4n) is 0.845. The molecule has 0 unspecified atom stereocenters. The lowest BCUT2D eigenvalue weighted by Crippen LogP contribution is -1.98. The Morgan fingerprint density at radius 1 is 1.46 bits per heavy atom. The average molecular weight is 328 g/mol. The van der Waals surface area contributed by atoms with Crippen molar-refractivity contribution in [2.75, 3.05) is 0 Å². The molecule has 0 atom stereocenters. The number of hydrogen-bond donors (Lipinski definition) is 0. The first-order chi connectivity index (χ1) is 5.96. The van der Waals surface area contributed by atoms with Crippen LogP contribution in [0.4, 0.5) is 0 Å². The zero-order valence-corrected chi connectivity index (χ0v) is 9.89. The number of nitrogens with zero attached hydrogens (tertiary/aromatic N) is 1. The second-order valence-corrected chi connectivity index (χ2v) is 5.83. The minimum atomic E-state index is -3.83. The van der Waals surface area contributed by atoms with Gasteiger partial charge in [-0.05, 0) is 34.7 Å². The number of rotatable bonds is 1. The molecule has 1 aromatic rings. The molecule has 0 spiro atoms. The Morgan fingerprint density at radius 2 is 2.08 bits per heavy atom. The van der Waals surface area contributed by atoms with E-state index in [-0.39, 0.29) is 10.5 Å². The molecule has 0 aliphatic rings. The fourth-order valence-corrected chi connectivity index (χ4v) is 3.78. The van der Waals surface area contributed by atoms with Crippen LogP contribution in [-0.4, -0.2) is 8.42 Å². The molecule has 0 aliphatic heterocycles. The van der Waals surface area contributed by atoms with Gasteiger partial charge in [-0.1, -0.05) is 6.07 Å². The monoisotopic (exact) mass is 327 g/mol. The molecule has 0 aliphatic carbocycles. The second-order valence-electron chi connectivity index (χ2n) is 2.17. The largest absolute Gasteiger partial charge is 0.263 e. The van der Waals surface area contributed by atoms with Crippen LogP contribution >= 0.6 is 33.3 Å². The van der Waals surface area contributed by atoms with E-state index in [0.717, 1.165) is 0 Å². The standard InChI is InChI=1S/C7H3ClINO2S/c8-13(11,12)7-5(4-10)2-1-3-6(7)9/h1-3H. The summed E-state index contributed by atoms with van der Waals surface area (Å²) in [5.41, 5.74) is 0.0712. The number of nitriles is 1. The van der Waals surface area contributed by atoms with Crippen LogP contribution < -0.4 is 0 Å². The summed E-state index contributed by atoms with van der Waals surface area (Å²) in [4.78, 5) is -0.111. The molecule has 0 bridgehead atoms. The molecule has 1 rings (SSSR count). The van der Waals surface area contributed by atoms with Gasteiger partial charge in [0.05, 0.1) is 5.56 Å². The average Bonchev–Trinajstić information content (AvgIpc) is 2.01. The van der Waals surface area contributed by atoms with Crippen molar-refractivity contribution < 1.29 is 8.42 Å². The van der Waals surface area contributed by atoms with E-state index in [9.17, 15) is 8.42 Å². The lowest BCUT2D eigenvalue weighted by Gasteiger charge is -2.01. The molecule has 0 saturated heterocycles. The molecule has 3 nitrogen and oxygen atoms in total. The van der Waals surface area contributed by atoms with Gasteiger partial charge in [0.1, 0.15) is 11.0 Å². The summed E-state index contributed by atoms with van der Waals surface area (Å²) in [6.07, 6.45) is 0. The molecule has 13 heavy (non-hydrogen) atoms. The first-order valence-electron chi connectivity index (χ1n) is 3.10. The summed E-state index contributed by atoms with van der Waals surface area (Å²) in [6.45, 7) is 0. The van der Waals surface area contributed by atoms with Gasteiger partial charge in [0.2, 0.25) is 0 Å². The molecular formula is C7H3ClINO2S. The first-order valence-corrected chi connectivity index (χ1v) is 6.49. The second kappa shape index (κ2) is 3.82. The van der Waals surface area contributed by atoms with Crippen LogP contribution in [0.2, 0.25) is 0 Å². The topological polar surface area (TPSA) is 57.9 Å². The van der Waals surface area contributed by atoms with Crippen molar-refractivity contribution in [2.45, 2.75) is 4.90 Å². The highest BCUT2D eigenvalue weighted by molar-refractivity contribution is 14.1. The number of halogens is 2. The molecular weight excluding hydrogens is 325 g/mol. The van der Waals surface area contributed by atoms with Crippen LogP contribution in [0.15, 0.2) is 23.1 Å². The van der Waals surface area contributed by atoms with E-state index in [0.29, 0.717) is 3.57 Å². The van der Waals surface area contributed by atoms with E-state index in [4.69, 9.17) is 15.9 Å². The normalized spacial score (nSPS) is 10.8. The van der Waals surface area contributed by atoms with Crippen LogP contribution in [0.1, 0.15) is 5.56 Å². The minimum Gasteiger partial charge on any atom is -0.207 e. The maximum Gasteiger partial charge on any atom is 0.263 e. The lowest BCUT2D eigenvalue weighted by atomic mass is 10.2. The van der Waals surface area contributed by atoms with Crippen molar-refractivity contribution in [1.82, 2.24) is 0 Å². The smallest absolute Gasteiger partial charge is 0.207 e. The predicted molar refractivity (Wildman–Crippen MR) is 56.9 cm³/mol. The molecule has 1 aromatic carbocycles. The van der Waals surface area contributed by atoms with Crippen molar-refractivity contribution in [1.29, 1.82) is 5.26 Å². The van der Waals surface area contributed by atoms with Gasteiger partial charge in [-0.15, -0.1) is 0 Å². The predicted octanol–water partition coefficient (Wildman–Crippen LogP) is 2.09. The molecule has 0 aromatic heterocycles. The highest BCUT2D eigenvalue weighted by atomic mass is 127. The number of hydrogen-bond acceptors (Lipinski definition) is 3. The van der Waals surface area contributed by atoms with Gasteiger partial charge in [-0.2, -0.15) is 5.26 Å². The first kappa shape index (κ1) is 10.8. The van der Waals surface area contributed by atoms with Crippen LogP contribution in [-0.2, 0) is 9.05 Å². The Labute approximate surface area is 93.9 Å². The summed E-state index contributed by atoms with van der Waals surface area (Å²) in [5.74, 6) is 0. The van der Waals surface area contributed by atoms with E-state index in [1.165, 1.54) is 6.07 Å². The van der Waals surface area contributed by atoms with Gasteiger partial charge in [0.25, 0.3) is 9.05 Å². The summed E-state index contributed by atoms with van der Waals surface area (Å²) < 4.78 is 22.5. The molecule has 6 heteroatoms. The Hall–Kier alpha value is -0.320. The van der Waals surface area contributed by atoms with Gasteiger partial charge in [0.15, 0.2) is 0 Å². The Balaban J connectivity index is 3.62. The highest BCUT2D eigenvalue weighted by Gasteiger charge is 2.18. The summed E-state index contributed by atoms with van der Waals surface area (Å²) in [7, 11) is 1.33. The zero-order chi connectivity index (χ0) is 10.1. The van der Waals surface area contributed by atoms with Crippen molar-refractivity contribution in [3.8, 4) is 6.07 Å². The van der Waals surface area contributed by atoms with Gasteiger partial charge < -0.3 is 0 Å². The van der Waals surface area contributed by atoms with Crippen molar-refractivity contribution in [2.24, 2.45) is 0 Å². The zero-order valence-electron chi connectivity index (χ0n) is 6.16. The van der Waals surface area contributed by atoms with E-state index in [1.54, 1.807) is 18.2 Å². The van der Waals surface area contributed by atoms with Crippen LogP contribution in [0, 0.1) is 14.9 Å². The third-order valence-corrected chi connectivity index (χ3v) is 3.99. The van der Waals surface area contributed by atoms with Crippen molar-refractivity contribution >= 4 is 42.3 Å². The van der Waals surface area contributed by atoms with Gasteiger partial charge in [-0.25, -0.2) is 8.42 Å². The molecule has 0 amide bonds. The Morgan fingerprint density at radius 3 is 2.46 bits per heavy atom. The molecule has 0 saturated carbocycles. The Bertz CT molecular complexity index is 478. The molecule has 68 valence electrons. The number of benzene rings is 1. The summed E-state index contributed by atoms with van der Waals surface area (Å²) >= 11 is 1.82. The highest BCUT2D eigenvalue weighted by Crippen LogP contribution is 2.24. The molecule has 0 fully saturated rings. The lowest BCUT2D eigenvalue weighted by molar-refractivity contribution is 0.609. The van der Waals surface area contributed by atoms with Crippen LogP contribution in [0.25, 0.3) is 0 Å². The molecule has 0 radical (unpaired) electrons. The third-order valence-electron chi connectivity index (χ3n) is 1.33. The van der Waals surface area contributed by atoms with Crippen molar-refractivity contribution in [3.63, 3.8) is 0 Å². The van der Waals surface area contributed by atoms with E-state index < -0.39 is 9.05 Å². The fraction of sp³-hybridized carbons (Fsp3) is 0. The van der Waals surface area contributed by atoms with Crippen molar-refractivity contribution in [3.05, 3.63) is 27.3 Å². The molecule has 0 N–H and O–H groups in total. The van der Waals surface area contributed by atoms with E-state index in [1.807, 2.05) is 22.6 Å². The maximum absolute atomic E-state index is 11.0. The quantitative estimate of drug-likeness (QED) is 0.586. The van der Waals surface area contributed by atoms with Gasteiger partial charge in [-0.3, -0.25) is 0 Å². The molecule has 0 heterocycles. The summed E-state index contributed by atoms with van der Waals surface area (Å²) in [5, 5.41) is 8.63. The SMILES string of the molecule is N#Cc1cccc(I)c1S(=O)(=O)Cl. The summed E-state index contributed by atoms with van der Waals surface area (Å²) in [6, 6.07) is 6.37. The van der Waals surface area contributed by atoms with Gasteiger partial charge >= 0.3 is 0 Å².